The van der Waals surface area contributed by atoms with Crippen LogP contribution in [0.2, 0.25) is 0 Å². The minimum Gasteiger partial charge on any atom is -0.493 e. The van der Waals surface area contributed by atoms with Crippen molar-refractivity contribution in [3.05, 3.63) is 65.4 Å². The topological polar surface area (TPSA) is 77.4 Å². The van der Waals surface area contributed by atoms with E-state index in [0.717, 1.165) is 10.2 Å². The van der Waals surface area contributed by atoms with Gasteiger partial charge in [0.25, 0.3) is 5.91 Å². The fourth-order valence-corrected chi connectivity index (χ4v) is 3.87. The van der Waals surface area contributed by atoms with Gasteiger partial charge < -0.3 is 20.1 Å². The molecule has 4 rings (SSSR count). The SMILES string of the molecule is COc1ccc([C@@H]2C[C@@H](C(F)(F)F)n3nc(C(=O)Nc4ccccc4C)cc3N2)cc1OC. The summed E-state index contributed by atoms with van der Waals surface area (Å²) in [7, 11) is 2.95. The normalized spacial score (nSPS) is 17.6. The third-order valence-corrected chi connectivity index (χ3v) is 5.63. The number of nitrogens with zero attached hydrogens (tertiary/aromatic N) is 2. The molecule has 0 fully saturated rings. The Balaban J connectivity index is 1.66. The van der Waals surface area contributed by atoms with Crippen molar-refractivity contribution >= 4 is 17.4 Å². The molecule has 33 heavy (non-hydrogen) atoms. The molecular weight excluding hydrogens is 437 g/mol. The number of hydrogen-bond acceptors (Lipinski definition) is 5. The van der Waals surface area contributed by atoms with Crippen molar-refractivity contribution < 1.29 is 27.4 Å². The Labute approximate surface area is 188 Å². The monoisotopic (exact) mass is 460 g/mol. The molecule has 3 aromatic rings. The molecule has 0 saturated carbocycles. The first kappa shape index (κ1) is 22.5. The average molecular weight is 460 g/mol. The first-order valence-corrected chi connectivity index (χ1v) is 10.2. The lowest BCUT2D eigenvalue weighted by atomic mass is 9.96. The molecule has 0 saturated heterocycles. The number of alkyl halides is 3. The first-order valence-electron chi connectivity index (χ1n) is 10.2. The summed E-state index contributed by atoms with van der Waals surface area (Å²) in [4.78, 5) is 12.7. The van der Waals surface area contributed by atoms with Crippen LogP contribution in [0.4, 0.5) is 24.7 Å². The number of benzene rings is 2. The van der Waals surface area contributed by atoms with Gasteiger partial charge >= 0.3 is 6.18 Å². The predicted octanol–water partition coefficient (Wildman–Crippen LogP) is 5.12. The summed E-state index contributed by atoms with van der Waals surface area (Å²) >= 11 is 0. The van der Waals surface area contributed by atoms with Crippen LogP contribution < -0.4 is 20.1 Å². The standard InChI is InChI=1S/C23H23F3N4O3/c1-13-6-4-5-7-15(13)28-22(31)17-12-21-27-16(11-20(23(24,25)26)30(21)29-17)14-8-9-18(32-2)19(10-14)33-3/h4-10,12,16,20,27H,11H2,1-3H3,(H,28,31)/t16-,20-/m0/s1. The number of anilines is 2. The van der Waals surface area contributed by atoms with Crippen LogP contribution in [0.5, 0.6) is 11.5 Å². The zero-order valence-corrected chi connectivity index (χ0v) is 18.2. The summed E-state index contributed by atoms with van der Waals surface area (Å²) < 4.78 is 53.2. The number of rotatable bonds is 5. The lowest BCUT2D eigenvalue weighted by Crippen LogP contribution is -2.35. The van der Waals surface area contributed by atoms with E-state index in [1.165, 1.54) is 20.3 Å². The van der Waals surface area contributed by atoms with Crippen molar-refractivity contribution in [1.82, 2.24) is 9.78 Å². The number of carbonyl (C=O) groups is 1. The van der Waals surface area contributed by atoms with Crippen LogP contribution in [-0.2, 0) is 0 Å². The molecule has 7 nitrogen and oxygen atoms in total. The van der Waals surface area contributed by atoms with Crippen LogP contribution in [0.25, 0.3) is 0 Å². The van der Waals surface area contributed by atoms with Crippen LogP contribution in [-0.4, -0.2) is 36.1 Å². The number of fused-ring (bicyclic) bond motifs is 1. The van der Waals surface area contributed by atoms with E-state index >= 15 is 0 Å². The van der Waals surface area contributed by atoms with Crippen LogP contribution in [0.3, 0.4) is 0 Å². The molecule has 2 N–H and O–H groups in total. The largest absolute Gasteiger partial charge is 0.493 e. The van der Waals surface area contributed by atoms with Crippen LogP contribution in [0.1, 0.15) is 40.1 Å². The van der Waals surface area contributed by atoms with E-state index in [2.05, 4.69) is 15.7 Å². The molecule has 2 aromatic carbocycles. The maximum atomic E-state index is 13.9. The molecule has 2 atom stereocenters. The second-order valence-electron chi connectivity index (χ2n) is 7.73. The van der Waals surface area contributed by atoms with Crippen molar-refractivity contribution in [3.63, 3.8) is 0 Å². The average Bonchev–Trinajstić information content (AvgIpc) is 3.23. The van der Waals surface area contributed by atoms with Gasteiger partial charge in [-0.15, -0.1) is 0 Å². The van der Waals surface area contributed by atoms with Gasteiger partial charge in [-0.3, -0.25) is 4.79 Å². The Bertz CT molecular complexity index is 1180. The van der Waals surface area contributed by atoms with Crippen molar-refractivity contribution in [3.8, 4) is 11.5 Å². The molecule has 174 valence electrons. The Morgan fingerprint density at radius 1 is 1.12 bits per heavy atom. The van der Waals surface area contributed by atoms with Gasteiger partial charge in [0.1, 0.15) is 5.82 Å². The van der Waals surface area contributed by atoms with Gasteiger partial charge in [0.05, 0.1) is 20.3 Å². The highest BCUT2D eigenvalue weighted by Crippen LogP contribution is 2.44. The number of ether oxygens (including phenoxy) is 2. The quantitative estimate of drug-likeness (QED) is 0.553. The summed E-state index contributed by atoms with van der Waals surface area (Å²) in [6, 6.07) is 10.9. The van der Waals surface area contributed by atoms with Gasteiger partial charge in [-0.25, -0.2) is 4.68 Å². The van der Waals surface area contributed by atoms with Crippen molar-refractivity contribution in [1.29, 1.82) is 0 Å². The molecule has 2 heterocycles. The molecule has 1 amide bonds. The van der Waals surface area contributed by atoms with Crippen LogP contribution in [0, 0.1) is 6.92 Å². The Morgan fingerprint density at radius 3 is 2.52 bits per heavy atom. The van der Waals surface area contributed by atoms with Gasteiger partial charge in [-0.2, -0.15) is 18.3 Å². The molecule has 10 heteroatoms. The van der Waals surface area contributed by atoms with Crippen molar-refractivity contribution in [2.75, 3.05) is 24.9 Å². The zero-order valence-electron chi connectivity index (χ0n) is 18.2. The number of hydrogen-bond donors (Lipinski definition) is 2. The van der Waals surface area contributed by atoms with Crippen LogP contribution in [0.15, 0.2) is 48.5 Å². The van der Waals surface area contributed by atoms with E-state index in [0.29, 0.717) is 22.7 Å². The molecule has 1 aromatic heterocycles. The maximum Gasteiger partial charge on any atom is 0.410 e. The predicted molar refractivity (Wildman–Crippen MR) is 117 cm³/mol. The molecule has 0 radical (unpaired) electrons. The highest BCUT2D eigenvalue weighted by molar-refractivity contribution is 6.03. The number of aryl methyl sites for hydroxylation is 1. The van der Waals surface area contributed by atoms with Crippen molar-refractivity contribution in [2.24, 2.45) is 0 Å². The third kappa shape index (κ3) is 4.46. The van der Waals surface area contributed by atoms with Crippen molar-refractivity contribution in [2.45, 2.75) is 31.6 Å². The summed E-state index contributed by atoms with van der Waals surface area (Å²) in [5, 5.41) is 9.78. The van der Waals surface area contributed by atoms with E-state index in [-0.39, 0.29) is 17.9 Å². The number of aromatic nitrogens is 2. The first-order chi connectivity index (χ1) is 15.7. The summed E-state index contributed by atoms with van der Waals surface area (Å²) in [6.45, 7) is 1.82. The molecule has 1 aliphatic heterocycles. The second kappa shape index (κ2) is 8.68. The van der Waals surface area contributed by atoms with Gasteiger partial charge in [-0.1, -0.05) is 24.3 Å². The summed E-state index contributed by atoms with van der Waals surface area (Å²) in [6.07, 6.45) is -4.85. The highest BCUT2D eigenvalue weighted by atomic mass is 19.4. The molecule has 0 bridgehead atoms. The minimum atomic E-state index is -4.55. The number of methoxy groups -OCH3 is 2. The smallest absolute Gasteiger partial charge is 0.410 e. The van der Waals surface area contributed by atoms with Gasteiger partial charge in [-0.05, 0) is 36.2 Å². The number of amides is 1. The molecule has 0 spiro atoms. The number of halogens is 3. The van der Waals surface area contributed by atoms with E-state index in [1.54, 1.807) is 30.3 Å². The molecular formula is C23H23F3N4O3. The summed E-state index contributed by atoms with van der Waals surface area (Å²) in [5.74, 6) is 0.414. The van der Waals surface area contributed by atoms with Gasteiger partial charge in [0.2, 0.25) is 0 Å². The molecule has 1 aliphatic rings. The second-order valence-corrected chi connectivity index (χ2v) is 7.73. The Morgan fingerprint density at radius 2 is 1.85 bits per heavy atom. The van der Waals surface area contributed by atoms with Gasteiger partial charge in [0, 0.05) is 18.2 Å². The minimum absolute atomic E-state index is 0.108. The highest BCUT2D eigenvalue weighted by Gasteiger charge is 2.47. The lowest BCUT2D eigenvalue weighted by Gasteiger charge is -2.33. The number of carbonyl (C=O) groups excluding carboxylic acids is 1. The van der Waals surface area contributed by atoms with E-state index in [4.69, 9.17) is 9.47 Å². The van der Waals surface area contributed by atoms with Crippen LogP contribution >= 0.6 is 0 Å². The lowest BCUT2D eigenvalue weighted by molar-refractivity contribution is -0.173. The fourth-order valence-electron chi connectivity index (χ4n) is 3.87. The fraction of sp³-hybridized carbons (Fsp3) is 0.304. The van der Waals surface area contributed by atoms with E-state index in [1.807, 2.05) is 19.1 Å². The summed E-state index contributed by atoms with van der Waals surface area (Å²) in [5.41, 5.74) is 1.88. The number of para-hydroxylation sites is 1. The molecule has 0 unspecified atom stereocenters. The Hall–Kier alpha value is -3.69. The Kier molecular flexibility index (Phi) is 5.92. The zero-order chi connectivity index (χ0) is 23.8. The van der Waals surface area contributed by atoms with Gasteiger partial charge in [0.15, 0.2) is 23.2 Å². The third-order valence-electron chi connectivity index (χ3n) is 5.63. The van der Waals surface area contributed by atoms with E-state index in [9.17, 15) is 18.0 Å². The molecule has 0 aliphatic carbocycles. The maximum absolute atomic E-state index is 13.9. The number of nitrogens with one attached hydrogen (secondary N) is 2. The van der Waals surface area contributed by atoms with E-state index < -0.39 is 24.2 Å².